The van der Waals surface area contributed by atoms with Crippen LogP contribution in [-0.4, -0.2) is 32.9 Å². The normalized spacial score (nSPS) is 26.7. The molecule has 1 aromatic rings. The van der Waals surface area contributed by atoms with Crippen molar-refractivity contribution in [3.8, 4) is 0 Å². The Morgan fingerprint density at radius 1 is 1.24 bits per heavy atom. The highest BCUT2D eigenvalue weighted by atomic mass is 35.5. The van der Waals surface area contributed by atoms with Gasteiger partial charge in [0.25, 0.3) is 0 Å². The molecule has 1 aliphatic carbocycles. The fourth-order valence-corrected chi connectivity index (χ4v) is 5.02. The maximum absolute atomic E-state index is 12.5. The molecule has 1 aliphatic heterocycles. The van der Waals surface area contributed by atoms with Crippen LogP contribution in [0, 0.1) is 5.92 Å². The van der Waals surface area contributed by atoms with Crippen LogP contribution < -0.4 is 4.72 Å². The van der Waals surface area contributed by atoms with Gasteiger partial charge in [0.1, 0.15) is 0 Å². The molecule has 0 radical (unpaired) electrons. The van der Waals surface area contributed by atoms with E-state index < -0.39 is 10.0 Å². The first-order valence-corrected chi connectivity index (χ1v) is 9.31. The van der Waals surface area contributed by atoms with Crippen molar-refractivity contribution < 1.29 is 13.2 Å². The summed E-state index contributed by atoms with van der Waals surface area (Å²) in [5.41, 5.74) is 0.987. The van der Waals surface area contributed by atoms with E-state index in [1.807, 2.05) is 24.3 Å². The molecule has 0 spiro atoms. The number of halogens is 1. The molecule has 1 aromatic carbocycles. The molecular formula is C15H20ClNO3S. The zero-order valence-corrected chi connectivity index (χ0v) is 13.4. The number of ether oxygens (including phenoxy) is 1. The van der Waals surface area contributed by atoms with Crippen LogP contribution in [0.1, 0.15) is 24.8 Å². The van der Waals surface area contributed by atoms with Crippen LogP contribution in [-0.2, 0) is 21.2 Å². The van der Waals surface area contributed by atoms with Crippen molar-refractivity contribution in [1.82, 2.24) is 4.72 Å². The Balaban J connectivity index is 1.76. The standard InChI is InChI=1S/C15H20ClNO3S/c16-14-4-2-1-3-11(14)9-12-10-20-8-7-15(12)21(18,19)17-13-5-6-13/h1-4,12-13,15,17H,5-10H2/t12-,15+/m1/s1. The molecule has 1 saturated carbocycles. The first kappa shape index (κ1) is 15.3. The van der Waals surface area contributed by atoms with Crippen LogP contribution in [0.15, 0.2) is 24.3 Å². The van der Waals surface area contributed by atoms with Gasteiger partial charge in [0.15, 0.2) is 0 Å². The molecule has 0 amide bonds. The Bertz CT molecular complexity index is 601. The van der Waals surface area contributed by atoms with Gasteiger partial charge in [-0.25, -0.2) is 13.1 Å². The molecule has 116 valence electrons. The van der Waals surface area contributed by atoms with Crippen molar-refractivity contribution in [3.63, 3.8) is 0 Å². The monoisotopic (exact) mass is 329 g/mol. The van der Waals surface area contributed by atoms with Crippen molar-refractivity contribution in [3.05, 3.63) is 34.9 Å². The molecule has 1 N–H and O–H groups in total. The number of benzene rings is 1. The zero-order chi connectivity index (χ0) is 14.9. The summed E-state index contributed by atoms with van der Waals surface area (Å²) >= 11 is 6.19. The summed E-state index contributed by atoms with van der Waals surface area (Å²) in [6, 6.07) is 7.75. The Morgan fingerprint density at radius 3 is 2.71 bits per heavy atom. The van der Waals surface area contributed by atoms with E-state index in [4.69, 9.17) is 16.3 Å². The van der Waals surface area contributed by atoms with E-state index in [0.29, 0.717) is 31.1 Å². The lowest BCUT2D eigenvalue weighted by Gasteiger charge is -2.31. The molecule has 2 fully saturated rings. The Kier molecular flexibility index (Phi) is 4.54. The summed E-state index contributed by atoms with van der Waals surface area (Å²) in [7, 11) is -3.28. The Morgan fingerprint density at radius 2 is 2.00 bits per heavy atom. The van der Waals surface area contributed by atoms with Gasteiger partial charge in [-0.2, -0.15) is 0 Å². The van der Waals surface area contributed by atoms with Gasteiger partial charge in [0, 0.05) is 23.6 Å². The third kappa shape index (κ3) is 3.77. The van der Waals surface area contributed by atoms with Gasteiger partial charge >= 0.3 is 0 Å². The molecular weight excluding hydrogens is 310 g/mol. The minimum atomic E-state index is -3.28. The second-order valence-electron chi connectivity index (χ2n) is 5.89. The van der Waals surface area contributed by atoms with E-state index in [1.165, 1.54) is 0 Å². The summed E-state index contributed by atoms with van der Waals surface area (Å²) in [4.78, 5) is 0. The van der Waals surface area contributed by atoms with Crippen molar-refractivity contribution in [2.24, 2.45) is 5.92 Å². The van der Waals surface area contributed by atoms with E-state index in [2.05, 4.69) is 4.72 Å². The lowest BCUT2D eigenvalue weighted by Crippen LogP contribution is -2.45. The van der Waals surface area contributed by atoms with Gasteiger partial charge in [0.05, 0.1) is 11.9 Å². The molecule has 0 unspecified atom stereocenters. The highest BCUT2D eigenvalue weighted by Gasteiger charge is 2.39. The maximum atomic E-state index is 12.5. The topological polar surface area (TPSA) is 55.4 Å². The number of sulfonamides is 1. The molecule has 4 nitrogen and oxygen atoms in total. The van der Waals surface area contributed by atoms with E-state index >= 15 is 0 Å². The van der Waals surface area contributed by atoms with Crippen molar-refractivity contribution in [2.75, 3.05) is 13.2 Å². The first-order chi connectivity index (χ1) is 10.1. The summed E-state index contributed by atoms with van der Waals surface area (Å²) in [6.07, 6.45) is 3.10. The van der Waals surface area contributed by atoms with Gasteiger partial charge in [-0.3, -0.25) is 0 Å². The van der Waals surface area contributed by atoms with Gasteiger partial charge in [-0.15, -0.1) is 0 Å². The molecule has 1 heterocycles. The van der Waals surface area contributed by atoms with Gasteiger partial charge in [-0.05, 0) is 37.3 Å². The van der Waals surface area contributed by atoms with E-state index in [1.54, 1.807) is 0 Å². The fourth-order valence-electron chi connectivity index (χ4n) is 2.84. The lowest BCUT2D eigenvalue weighted by atomic mass is 9.93. The number of hydrogen-bond acceptors (Lipinski definition) is 3. The smallest absolute Gasteiger partial charge is 0.215 e. The van der Waals surface area contributed by atoms with E-state index in [0.717, 1.165) is 18.4 Å². The summed E-state index contributed by atoms with van der Waals surface area (Å²) in [5.74, 6) is -0.0464. The maximum Gasteiger partial charge on any atom is 0.215 e. The molecule has 2 atom stereocenters. The molecule has 0 aromatic heterocycles. The third-order valence-corrected chi connectivity index (χ3v) is 6.60. The molecule has 6 heteroatoms. The van der Waals surface area contributed by atoms with E-state index in [9.17, 15) is 8.42 Å². The van der Waals surface area contributed by atoms with Gasteiger partial charge in [-0.1, -0.05) is 29.8 Å². The first-order valence-electron chi connectivity index (χ1n) is 7.38. The van der Waals surface area contributed by atoms with Crippen LogP contribution in [0.25, 0.3) is 0 Å². The SMILES string of the molecule is O=S(=O)(NC1CC1)[C@H]1CCOC[C@H]1Cc1ccccc1Cl. The summed E-state index contributed by atoms with van der Waals surface area (Å²) in [6.45, 7) is 0.983. The van der Waals surface area contributed by atoms with Crippen LogP contribution in [0.3, 0.4) is 0 Å². The van der Waals surface area contributed by atoms with Crippen LogP contribution in [0.2, 0.25) is 5.02 Å². The fraction of sp³-hybridized carbons (Fsp3) is 0.600. The van der Waals surface area contributed by atoms with Crippen molar-refractivity contribution in [2.45, 2.75) is 37.0 Å². The van der Waals surface area contributed by atoms with Crippen LogP contribution >= 0.6 is 11.6 Å². The highest BCUT2D eigenvalue weighted by Crippen LogP contribution is 2.29. The average Bonchev–Trinajstić information content (AvgIpc) is 3.25. The number of nitrogens with one attached hydrogen (secondary N) is 1. The largest absolute Gasteiger partial charge is 0.381 e. The summed E-state index contributed by atoms with van der Waals surface area (Å²) in [5, 5.41) is 0.303. The molecule has 0 bridgehead atoms. The van der Waals surface area contributed by atoms with Gasteiger partial charge in [0.2, 0.25) is 10.0 Å². The Hall–Kier alpha value is -0.620. The zero-order valence-electron chi connectivity index (χ0n) is 11.8. The summed E-state index contributed by atoms with van der Waals surface area (Å²) < 4.78 is 33.4. The van der Waals surface area contributed by atoms with E-state index in [-0.39, 0.29) is 17.2 Å². The predicted molar refractivity (Wildman–Crippen MR) is 82.9 cm³/mol. The highest BCUT2D eigenvalue weighted by molar-refractivity contribution is 7.90. The Labute approximate surface area is 130 Å². The molecule has 21 heavy (non-hydrogen) atoms. The average molecular weight is 330 g/mol. The van der Waals surface area contributed by atoms with Gasteiger partial charge < -0.3 is 4.74 Å². The minimum Gasteiger partial charge on any atom is -0.381 e. The second kappa shape index (κ2) is 6.24. The van der Waals surface area contributed by atoms with Crippen molar-refractivity contribution >= 4 is 21.6 Å². The third-order valence-electron chi connectivity index (χ3n) is 4.15. The van der Waals surface area contributed by atoms with Crippen molar-refractivity contribution in [1.29, 1.82) is 0 Å². The lowest BCUT2D eigenvalue weighted by molar-refractivity contribution is 0.0570. The molecule has 3 rings (SSSR count). The number of rotatable bonds is 5. The molecule has 2 aliphatic rings. The second-order valence-corrected chi connectivity index (χ2v) is 8.23. The molecule has 1 saturated heterocycles. The van der Waals surface area contributed by atoms with Crippen LogP contribution in [0.4, 0.5) is 0 Å². The van der Waals surface area contributed by atoms with Crippen LogP contribution in [0.5, 0.6) is 0 Å². The predicted octanol–water partition coefficient (Wildman–Crippen LogP) is 2.37. The number of hydrogen-bond donors (Lipinski definition) is 1. The quantitative estimate of drug-likeness (QED) is 0.902. The minimum absolute atomic E-state index is 0.0464.